The van der Waals surface area contributed by atoms with E-state index in [0.717, 1.165) is 44.5 Å². The van der Waals surface area contributed by atoms with Gasteiger partial charge in [0.15, 0.2) is 0 Å². The topological polar surface area (TPSA) is 51.8 Å². The van der Waals surface area contributed by atoms with Crippen molar-refractivity contribution >= 4 is 35.2 Å². The Bertz CT molecular complexity index is 1710. The van der Waals surface area contributed by atoms with Crippen molar-refractivity contribution in [3.8, 4) is 22.5 Å². The van der Waals surface area contributed by atoms with Gasteiger partial charge in [0.1, 0.15) is 5.58 Å². The molecule has 0 unspecified atom stereocenters. The van der Waals surface area contributed by atoms with Gasteiger partial charge in [-0.2, -0.15) is 0 Å². The SMILES string of the molecule is C[Si](C)(C)c1ccc(-c2[c-]ncc3c2oc2ccccc23)nc1.[2H]C([2H])([2H])c1ccc(-c2[c-]cccc2)nc1.[Ir]. The monoisotopic (exact) mass is 681 g/mol. The Morgan fingerprint density at radius 2 is 1.59 bits per heavy atom. The van der Waals surface area contributed by atoms with Gasteiger partial charge in [-0.15, -0.1) is 35.9 Å². The van der Waals surface area contributed by atoms with Crippen molar-refractivity contribution in [2.75, 3.05) is 0 Å². The van der Waals surface area contributed by atoms with E-state index < -0.39 is 14.9 Å². The first-order valence-corrected chi connectivity index (χ1v) is 15.2. The molecule has 0 N–H and O–H groups in total. The van der Waals surface area contributed by atoms with E-state index in [1.165, 1.54) is 11.4 Å². The number of benzene rings is 2. The molecule has 1 radical (unpaired) electrons. The number of pyridine rings is 3. The minimum absolute atomic E-state index is 0. The van der Waals surface area contributed by atoms with E-state index in [1.54, 1.807) is 24.4 Å². The van der Waals surface area contributed by atoms with Gasteiger partial charge in [0.25, 0.3) is 0 Å². The molecule has 37 heavy (non-hydrogen) atoms. The molecule has 4 nitrogen and oxygen atoms in total. The van der Waals surface area contributed by atoms with Crippen LogP contribution in [0, 0.1) is 19.1 Å². The van der Waals surface area contributed by atoms with Crippen LogP contribution in [0.2, 0.25) is 19.6 Å². The summed E-state index contributed by atoms with van der Waals surface area (Å²) in [6.45, 7) is 4.86. The molecule has 0 aliphatic carbocycles. The third kappa shape index (κ3) is 5.94. The summed E-state index contributed by atoms with van der Waals surface area (Å²) >= 11 is 0. The number of rotatable bonds is 3. The van der Waals surface area contributed by atoms with Crippen LogP contribution in [0.3, 0.4) is 0 Å². The van der Waals surface area contributed by atoms with Crippen LogP contribution in [0.1, 0.15) is 9.68 Å². The van der Waals surface area contributed by atoms with E-state index in [-0.39, 0.29) is 25.7 Å². The second-order valence-corrected chi connectivity index (χ2v) is 14.6. The van der Waals surface area contributed by atoms with Gasteiger partial charge < -0.3 is 19.4 Å². The van der Waals surface area contributed by atoms with Gasteiger partial charge in [-0.3, -0.25) is 0 Å². The van der Waals surface area contributed by atoms with E-state index in [4.69, 9.17) is 8.53 Å². The molecule has 0 aliphatic rings. The smallest absolute Gasteiger partial charge is 0.121 e. The van der Waals surface area contributed by atoms with E-state index in [1.807, 2.05) is 54.7 Å². The molecule has 6 aromatic rings. The number of nitrogens with zero attached hydrogens (tertiary/aromatic N) is 3. The first kappa shape index (κ1) is 22.7. The van der Waals surface area contributed by atoms with Crippen molar-refractivity contribution in [3.63, 3.8) is 0 Å². The van der Waals surface area contributed by atoms with Crippen molar-refractivity contribution in [1.29, 1.82) is 0 Å². The zero-order valence-electron chi connectivity index (χ0n) is 23.7. The number of fused-ring (bicyclic) bond motifs is 3. The van der Waals surface area contributed by atoms with Gasteiger partial charge in [-0.05, 0) is 52.8 Å². The van der Waals surface area contributed by atoms with E-state index in [2.05, 4.69) is 52.9 Å². The Morgan fingerprint density at radius 3 is 2.27 bits per heavy atom. The number of hydrogen-bond donors (Lipinski definition) is 0. The van der Waals surface area contributed by atoms with Crippen molar-refractivity contribution in [2.45, 2.75) is 26.5 Å². The predicted octanol–water partition coefficient (Wildman–Crippen LogP) is 7.24. The minimum atomic E-state index is -2.09. The Kier molecular flexibility index (Phi) is 6.94. The molecule has 2 aromatic carbocycles. The summed E-state index contributed by atoms with van der Waals surface area (Å²) in [7, 11) is -1.35. The molecule has 0 saturated heterocycles. The number of furan rings is 1. The second-order valence-electron chi connectivity index (χ2n) is 9.48. The molecule has 0 aliphatic heterocycles. The summed E-state index contributed by atoms with van der Waals surface area (Å²) in [4.78, 5) is 13.0. The molecule has 0 bridgehead atoms. The zero-order chi connectivity index (χ0) is 27.6. The van der Waals surface area contributed by atoms with E-state index >= 15 is 0 Å². The van der Waals surface area contributed by atoms with Crippen LogP contribution in [0.15, 0.2) is 95.8 Å². The molecule has 0 saturated carbocycles. The average molecular weight is 681 g/mol. The van der Waals surface area contributed by atoms with Crippen LogP contribution in [0.5, 0.6) is 0 Å². The summed E-state index contributed by atoms with van der Waals surface area (Å²) in [6, 6.07) is 26.0. The van der Waals surface area contributed by atoms with E-state index in [0.29, 0.717) is 0 Å². The molecular formula is C31H27IrN3OSi-2. The maximum absolute atomic E-state index is 7.23. The van der Waals surface area contributed by atoms with Crippen molar-refractivity contribution in [1.82, 2.24) is 15.0 Å². The van der Waals surface area contributed by atoms with Gasteiger partial charge in [0.05, 0.1) is 13.7 Å². The third-order valence-corrected chi connectivity index (χ3v) is 7.89. The van der Waals surface area contributed by atoms with Crippen LogP contribution in [-0.2, 0) is 20.1 Å². The Morgan fingerprint density at radius 1 is 0.811 bits per heavy atom. The maximum atomic E-state index is 7.23. The normalized spacial score (nSPS) is 12.6. The number of para-hydroxylation sites is 1. The molecular weight excluding hydrogens is 651 g/mol. The molecule has 0 amide bonds. The molecule has 0 atom stereocenters. The van der Waals surface area contributed by atoms with Gasteiger partial charge >= 0.3 is 0 Å². The second kappa shape index (κ2) is 11.3. The van der Waals surface area contributed by atoms with Crippen LogP contribution in [0.4, 0.5) is 0 Å². The van der Waals surface area contributed by atoms with Crippen molar-refractivity contribution in [3.05, 3.63) is 109 Å². The average Bonchev–Trinajstić information content (AvgIpc) is 3.32. The number of hydrogen-bond acceptors (Lipinski definition) is 4. The van der Waals surface area contributed by atoms with Crippen LogP contribution in [-0.4, -0.2) is 23.0 Å². The summed E-state index contributed by atoms with van der Waals surface area (Å²) in [6.07, 6.45) is 8.23. The molecule has 4 aromatic heterocycles. The van der Waals surface area contributed by atoms with Gasteiger partial charge in [0.2, 0.25) is 0 Å². The van der Waals surface area contributed by atoms with Crippen LogP contribution < -0.4 is 5.19 Å². The Labute approximate surface area is 236 Å². The molecule has 6 heteroatoms. The molecule has 4 heterocycles. The summed E-state index contributed by atoms with van der Waals surface area (Å²) in [5, 5.41) is 3.42. The number of aromatic nitrogens is 3. The minimum Gasteiger partial charge on any atom is -0.500 e. The molecule has 187 valence electrons. The summed E-state index contributed by atoms with van der Waals surface area (Å²) in [5.41, 5.74) is 5.18. The molecule has 0 spiro atoms. The fourth-order valence-corrected chi connectivity index (χ4v) is 4.89. The van der Waals surface area contributed by atoms with Crippen molar-refractivity contribution in [2.24, 2.45) is 0 Å². The van der Waals surface area contributed by atoms with Gasteiger partial charge in [-0.1, -0.05) is 67.7 Å². The Hall–Kier alpha value is -3.44. The maximum Gasteiger partial charge on any atom is 0.121 e. The van der Waals surface area contributed by atoms with Gasteiger partial charge in [0, 0.05) is 42.0 Å². The molecule has 6 rings (SSSR count). The largest absolute Gasteiger partial charge is 0.500 e. The summed E-state index contributed by atoms with van der Waals surface area (Å²) in [5.74, 6) is 0. The fourth-order valence-electron chi connectivity index (χ4n) is 3.86. The van der Waals surface area contributed by atoms with E-state index in [9.17, 15) is 0 Å². The third-order valence-electron chi connectivity index (χ3n) is 5.87. The quantitative estimate of drug-likeness (QED) is 0.146. The first-order chi connectivity index (χ1) is 18.6. The van der Waals surface area contributed by atoms with Crippen LogP contribution in [0.25, 0.3) is 44.5 Å². The Balaban J connectivity index is 0.000000192. The van der Waals surface area contributed by atoms with Gasteiger partial charge in [-0.25, -0.2) is 0 Å². The standard InChI is InChI=1S/C19H17N2OSi.C12H10N.Ir/c1-23(2,3)13-8-9-17(21-10-13)16-12-20-11-15-14-6-4-5-7-18(14)22-19(15)16;1-10-7-8-12(13-9-10)11-5-3-2-4-6-11;/h4-11H,1-3H3;2-5,7-9H,1H3;/q2*-1;/i;1D3;. The zero-order valence-corrected chi connectivity index (χ0v) is 24.1. The first-order valence-electron chi connectivity index (χ1n) is 13.2. The predicted molar refractivity (Wildman–Crippen MR) is 150 cm³/mol. The van der Waals surface area contributed by atoms with Crippen LogP contribution >= 0.6 is 0 Å². The summed E-state index contributed by atoms with van der Waals surface area (Å²) < 4.78 is 27.7. The number of aryl methyl sites for hydroxylation is 1. The van der Waals surface area contributed by atoms with Crippen molar-refractivity contribution < 1.29 is 28.6 Å². The molecule has 0 fully saturated rings. The fraction of sp³-hybridized carbons (Fsp3) is 0.129.